The molecule has 2 rings (SSSR count). The van der Waals surface area contributed by atoms with Crippen molar-refractivity contribution >= 4 is 0 Å². The Morgan fingerprint density at radius 1 is 0.944 bits per heavy atom. The molecular weight excluding hydrogens is 220 g/mol. The Morgan fingerprint density at radius 3 is 1.61 bits per heavy atom. The number of rotatable bonds is 1. The van der Waals surface area contributed by atoms with Crippen LogP contribution in [0.3, 0.4) is 0 Å². The second kappa shape index (κ2) is 4.09. The van der Waals surface area contributed by atoms with Gasteiger partial charge in [-0.2, -0.15) is 0 Å². The van der Waals surface area contributed by atoms with Crippen molar-refractivity contribution < 1.29 is 4.74 Å². The third-order valence-corrected chi connectivity index (χ3v) is 3.60. The monoisotopic (exact) mass is 246 g/mol. The number of hydrogen-bond donors (Lipinski definition) is 0. The van der Waals surface area contributed by atoms with E-state index in [9.17, 15) is 0 Å². The van der Waals surface area contributed by atoms with E-state index in [4.69, 9.17) is 4.74 Å². The zero-order chi connectivity index (χ0) is 13.7. The summed E-state index contributed by atoms with van der Waals surface area (Å²) in [4.78, 5) is 0. The van der Waals surface area contributed by atoms with Crippen molar-refractivity contribution in [3.05, 3.63) is 34.4 Å². The maximum Gasteiger partial charge on any atom is 0.107 e. The van der Waals surface area contributed by atoms with Crippen molar-refractivity contribution in [2.24, 2.45) is 0 Å². The fourth-order valence-electron chi connectivity index (χ4n) is 2.60. The Labute approximate surface area is 112 Å². The average Bonchev–Trinajstić information content (AvgIpc) is 2.96. The van der Waals surface area contributed by atoms with E-state index in [0.717, 1.165) is 6.61 Å². The molecule has 1 atom stereocenters. The summed E-state index contributed by atoms with van der Waals surface area (Å²) in [6.45, 7) is 16.8. The molecule has 0 aliphatic carbocycles. The summed E-state index contributed by atoms with van der Waals surface area (Å²) in [7, 11) is 0. The molecule has 100 valence electrons. The lowest BCUT2D eigenvalue weighted by molar-refractivity contribution is 0.405. The number of ether oxygens (including phenoxy) is 1. The highest BCUT2D eigenvalue weighted by atomic mass is 16.6. The van der Waals surface area contributed by atoms with Gasteiger partial charge in [-0.3, -0.25) is 0 Å². The molecule has 1 heteroatoms. The lowest BCUT2D eigenvalue weighted by Gasteiger charge is -2.30. The summed E-state index contributed by atoms with van der Waals surface area (Å²) in [5.74, 6) is 0. The van der Waals surface area contributed by atoms with Crippen molar-refractivity contribution in [3.8, 4) is 0 Å². The smallest absolute Gasteiger partial charge is 0.107 e. The molecule has 1 aromatic rings. The van der Waals surface area contributed by atoms with Crippen LogP contribution in [0, 0.1) is 6.92 Å². The van der Waals surface area contributed by atoms with E-state index in [2.05, 4.69) is 60.6 Å². The molecule has 18 heavy (non-hydrogen) atoms. The van der Waals surface area contributed by atoms with Gasteiger partial charge in [-0.25, -0.2) is 0 Å². The Morgan fingerprint density at radius 2 is 1.33 bits per heavy atom. The van der Waals surface area contributed by atoms with Crippen LogP contribution >= 0.6 is 0 Å². The van der Waals surface area contributed by atoms with Gasteiger partial charge in [-0.1, -0.05) is 59.2 Å². The Kier molecular flexibility index (Phi) is 3.09. The maximum absolute atomic E-state index is 5.61. The van der Waals surface area contributed by atoms with Gasteiger partial charge in [0.25, 0.3) is 0 Å². The van der Waals surface area contributed by atoms with Crippen molar-refractivity contribution in [3.63, 3.8) is 0 Å². The minimum atomic E-state index is 0.174. The number of benzene rings is 1. The fraction of sp³-hybridized carbons (Fsp3) is 0.647. The van der Waals surface area contributed by atoms with Gasteiger partial charge in [0.2, 0.25) is 0 Å². The Bertz CT molecular complexity index is 418. The van der Waals surface area contributed by atoms with Crippen LogP contribution in [0.1, 0.15) is 69.9 Å². The van der Waals surface area contributed by atoms with Crippen LogP contribution in [-0.2, 0) is 15.6 Å². The summed E-state index contributed by atoms with van der Waals surface area (Å²) in [6.07, 6.45) is 0.328. The molecule has 1 aliphatic heterocycles. The van der Waals surface area contributed by atoms with Gasteiger partial charge in [-0.05, 0) is 34.4 Å². The molecule has 1 fully saturated rings. The second-order valence-electron chi connectivity index (χ2n) is 7.60. The van der Waals surface area contributed by atoms with Crippen molar-refractivity contribution in [1.82, 2.24) is 0 Å². The predicted octanol–water partition coefficient (Wildman–Crippen LogP) is 4.66. The summed E-state index contributed by atoms with van der Waals surface area (Å²) < 4.78 is 5.61. The van der Waals surface area contributed by atoms with E-state index in [-0.39, 0.29) is 10.8 Å². The quantitative estimate of drug-likeness (QED) is 0.656. The number of epoxide rings is 1. The van der Waals surface area contributed by atoms with Gasteiger partial charge in [0, 0.05) is 0 Å². The fourth-order valence-corrected chi connectivity index (χ4v) is 2.60. The van der Waals surface area contributed by atoms with Crippen LogP contribution in [0.5, 0.6) is 0 Å². The van der Waals surface area contributed by atoms with Crippen molar-refractivity contribution in [2.45, 2.75) is 65.4 Å². The van der Waals surface area contributed by atoms with E-state index in [1.54, 1.807) is 0 Å². The van der Waals surface area contributed by atoms with Crippen molar-refractivity contribution in [1.29, 1.82) is 0 Å². The van der Waals surface area contributed by atoms with Crippen molar-refractivity contribution in [2.75, 3.05) is 6.61 Å². The normalized spacial score (nSPS) is 20.1. The van der Waals surface area contributed by atoms with Gasteiger partial charge in [0.1, 0.15) is 6.10 Å². The molecule has 0 N–H and O–H groups in total. The molecule has 0 radical (unpaired) electrons. The molecule has 1 nitrogen and oxygen atoms in total. The minimum Gasteiger partial charge on any atom is -0.368 e. The third-order valence-electron chi connectivity index (χ3n) is 3.60. The lowest BCUT2D eigenvalue weighted by Crippen LogP contribution is -2.21. The predicted molar refractivity (Wildman–Crippen MR) is 77.3 cm³/mol. The average molecular weight is 246 g/mol. The molecular formula is C17H26O. The molecule has 0 spiro atoms. The van der Waals surface area contributed by atoms with Gasteiger partial charge >= 0.3 is 0 Å². The molecule has 1 aromatic carbocycles. The van der Waals surface area contributed by atoms with Crippen LogP contribution in [0.15, 0.2) is 12.1 Å². The molecule has 0 bridgehead atoms. The van der Waals surface area contributed by atoms with E-state index >= 15 is 0 Å². The van der Waals surface area contributed by atoms with Crippen LogP contribution in [0.2, 0.25) is 0 Å². The highest BCUT2D eigenvalue weighted by Gasteiger charge is 2.36. The summed E-state index contributed by atoms with van der Waals surface area (Å²) in [6, 6.07) is 4.68. The van der Waals surface area contributed by atoms with Crippen LogP contribution in [-0.4, -0.2) is 6.61 Å². The maximum atomic E-state index is 5.61. The molecule has 0 aromatic heterocycles. The molecule has 1 heterocycles. The summed E-state index contributed by atoms with van der Waals surface area (Å²) in [5.41, 5.74) is 6.06. The molecule has 0 saturated carbocycles. The van der Waals surface area contributed by atoms with Gasteiger partial charge in [0.05, 0.1) is 6.61 Å². The lowest BCUT2D eigenvalue weighted by atomic mass is 9.74. The first-order valence-corrected chi connectivity index (χ1v) is 6.88. The Hall–Kier alpha value is -0.820. The second-order valence-corrected chi connectivity index (χ2v) is 7.60. The standard InChI is InChI=1S/C17H26O/c1-11-8-12(16(2,3)4)15(14-10-18-14)13(9-11)17(5,6)7/h8-9,14H,10H2,1-7H3. The minimum absolute atomic E-state index is 0.174. The molecule has 1 aliphatic rings. The molecule has 0 amide bonds. The SMILES string of the molecule is Cc1cc(C(C)(C)C)c(C2CO2)c(C(C)(C)C)c1. The highest BCUT2D eigenvalue weighted by molar-refractivity contribution is 5.47. The first kappa shape index (κ1) is 13.6. The summed E-state index contributed by atoms with van der Waals surface area (Å²) >= 11 is 0. The number of aryl methyl sites for hydroxylation is 1. The van der Waals surface area contributed by atoms with Gasteiger partial charge in [-0.15, -0.1) is 0 Å². The van der Waals surface area contributed by atoms with E-state index in [0.29, 0.717) is 6.10 Å². The summed E-state index contributed by atoms with van der Waals surface area (Å²) in [5, 5.41) is 0. The highest BCUT2D eigenvalue weighted by Crippen LogP contribution is 2.43. The Balaban J connectivity index is 2.70. The zero-order valence-corrected chi connectivity index (χ0v) is 12.8. The van der Waals surface area contributed by atoms with Crippen LogP contribution < -0.4 is 0 Å². The first-order valence-electron chi connectivity index (χ1n) is 6.88. The topological polar surface area (TPSA) is 12.5 Å². The third kappa shape index (κ3) is 2.61. The largest absolute Gasteiger partial charge is 0.368 e. The van der Waals surface area contributed by atoms with E-state index in [1.807, 2.05) is 0 Å². The number of hydrogen-bond acceptors (Lipinski definition) is 1. The van der Waals surface area contributed by atoms with Gasteiger partial charge in [0.15, 0.2) is 0 Å². The molecule has 1 unspecified atom stereocenters. The van der Waals surface area contributed by atoms with Crippen LogP contribution in [0.4, 0.5) is 0 Å². The first-order chi connectivity index (χ1) is 8.10. The zero-order valence-electron chi connectivity index (χ0n) is 12.8. The molecule has 1 saturated heterocycles. The van der Waals surface area contributed by atoms with E-state index in [1.165, 1.54) is 22.3 Å². The van der Waals surface area contributed by atoms with Crippen LogP contribution in [0.25, 0.3) is 0 Å². The van der Waals surface area contributed by atoms with E-state index < -0.39 is 0 Å². The van der Waals surface area contributed by atoms with Gasteiger partial charge < -0.3 is 4.74 Å².